The lowest BCUT2D eigenvalue weighted by Gasteiger charge is -2.18. The first kappa shape index (κ1) is 11.7. The normalized spacial score (nSPS) is 26.5. The molecule has 1 aliphatic rings. The van der Waals surface area contributed by atoms with Crippen molar-refractivity contribution in [3.8, 4) is 0 Å². The molecule has 0 bridgehead atoms. The standard InChI is InChI=1S/C15H23N/c1-12(2)9-16-10-13(3)15(11-16)14-7-5-4-6-8-14/h4-8,12-13,15H,9-11H2,1-3H3/t13-,15-/m0/s1. The van der Waals surface area contributed by atoms with Gasteiger partial charge in [0.2, 0.25) is 0 Å². The molecule has 16 heavy (non-hydrogen) atoms. The smallest absolute Gasteiger partial charge is 0.00535 e. The van der Waals surface area contributed by atoms with E-state index in [1.807, 2.05) is 0 Å². The second-order valence-corrected chi connectivity index (χ2v) is 5.61. The largest absolute Gasteiger partial charge is 0.302 e. The molecule has 1 aliphatic heterocycles. The third kappa shape index (κ3) is 2.65. The number of rotatable bonds is 3. The van der Waals surface area contributed by atoms with E-state index in [1.165, 1.54) is 25.2 Å². The van der Waals surface area contributed by atoms with E-state index in [1.54, 1.807) is 0 Å². The van der Waals surface area contributed by atoms with Gasteiger partial charge in [0.15, 0.2) is 0 Å². The van der Waals surface area contributed by atoms with E-state index >= 15 is 0 Å². The lowest BCUT2D eigenvalue weighted by molar-refractivity contribution is 0.288. The molecule has 0 aliphatic carbocycles. The number of hydrogen-bond acceptors (Lipinski definition) is 1. The van der Waals surface area contributed by atoms with E-state index in [-0.39, 0.29) is 0 Å². The monoisotopic (exact) mass is 217 g/mol. The molecule has 0 amide bonds. The SMILES string of the molecule is CC(C)CN1C[C@H](c2ccccc2)[C@@H](C)C1. The fraction of sp³-hybridized carbons (Fsp3) is 0.600. The lowest BCUT2D eigenvalue weighted by Crippen LogP contribution is -2.25. The van der Waals surface area contributed by atoms with E-state index in [4.69, 9.17) is 0 Å². The van der Waals surface area contributed by atoms with Crippen LogP contribution in [0.5, 0.6) is 0 Å². The fourth-order valence-electron chi connectivity index (χ4n) is 2.87. The summed E-state index contributed by atoms with van der Waals surface area (Å²) < 4.78 is 0. The lowest BCUT2D eigenvalue weighted by atomic mass is 9.90. The van der Waals surface area contributed by atoms with Gasteiger partial charge in [0.25, 0.3) is 0 Å². The van der Waals surface area contributed by atoms with Gasteiger partial charge in [-0.1, -0.05) is 51.1 Å². The number of nitrogens with zero attached hydrogens (tertiary/aromatic N) is 1. The van der Waals surface area contributed by atoms with Gasteiger partial charge in [-0.15, -0.1) is 0 Å². The second kappa shape index (κ2) is 5.01. The molecule has 2 rings (SSSR count). The molecule has 1 aromatic carbocycles. The van der Waals surface area contributed by atoms with Crippen LogP contribution in [-0.2, 0) is 0 Å². The predicted molar refractivity (Wildman–Crippen MR) is 69.6 cm³/mol. The van der Waals surface area contributed by atoms with Crippen LogP contribution in [0, 0.1) is 11.8 Å². The van der Waals surface area contributed by atoms with Gasteiger partial charge in [-0.05, 0) is 17.4 Å². The topological polar surface area (TPSA) is 3.24 Å². The summed E-state index contributed by atoms with van der Waals surface area (Å²) in [6, 6.07) is 11.0. The Hall–Kier alpha value is -0.820. The Bertz CT molecular complexity index is 317. The van der Waals surface area contributed by atoms with Crippen molar-refractivity contribution < 1.29 is 0 Å². The molecular formula is C15H23N. The molecule has 0 aromatic heterocycles. The molecule has 1 heterocycles. The van der Waals surface area contributed by atoms with E-state index in [0.717, 1.165) is 17.8 Å². The van der Waals surface area contributed by atoms with Gasteiger partial charge in [-0.2, -0.15) is 0 Å². The van der Waals surface area contributed by atoms with Crippen LogP contribution in [0.4, 0.5) is 0 Å². The van der Waals surface area contributed by atoms with Crippen molar-refractivity contribution in [2.45, 2.75) is 26.7 Å². The Morgan fingerprint density at radius 3 is 2.50 bits per heavy atom. The highest BCUT2D eigenvalue weighted by Gasteiger charge is 2.30. The predicted octanol–water partition coefficient (Wildman–Crippen LogP) is 3.38. The summed E-state index contributed by atoms with van der Waals surface area (Å²) in [6.07, 6.45) is 0. The van der Waals surface area contributed by atoms with Crippen molar-refractivity contribution in [3.05, 3.63) is 35.9 Å². The summed E-state index contributed by atoms with van der Waals surface area (Å²) in [6.45, 7) is 10.7. The highest BCUT2D eigenvalue weighted by molar-refractivity contribution is 5.22. The molecule has 1 aromatic rings. The molecule has 2 atom stereocenters. The first-order chi connectivity index (χ1) is 7.66. The molecule has 88 valence electrons. The quantitative estimate of drug-likeness (QED) is 0.750. The summed E-state index contributed by atoms with van der Waals surface area (Å²) in [5.41, 5.74) is 1.52. The van der Waals surface area contributed by atoms with Crippen LogP contribution >= 0.6 is 0 Å². The molecule has 1 nitrogen and oxygen atoms in total. The van der Waals surface area contributed by atoms with Crippen LogP contribution < -0.4 is 0 Å². The maximum Gasteiger partial charge on any atom is 0.00535 e. The van der Waals surface area contributed by atoms with E-state index in [9.17, 15) is 0 Å². The zero-order chi connectivity index (χ0) is 11.5. The third-order valence-electron chi connectivity index (χ3n) is 3.54. The van der Waals surface area contributed by atoms with Crippen LogP contribution in [0.3, 0.4) is 0 Å². The highest BCUT2D eigenvalue weighted by atomic mass is 15.2. The third-order valence-corrected chi connectivity index (χ3v) is 3.54. The molecule has 1 saturated heterocycles. The highest BCUT2D eigenvalue weighted by Crippen LogP contribution is 2.32. The minimum atomic E-state index is 0.736. The van der Waals surface area contributed by atoms with Crippen LogP contribution in [0.2, 0.25) is 0 Å². The molecule has 0 spiro atoms. The van der Waals surface area contributed by atoms with Gasteiger partial charge in [0.05, 0.1) is 0 Å². The van der Waals surface area contributed by atoms with E-state index < -0.39 is 0 Å². The van der Waals surface area contributed by atoms with Crippen molar-refractivity contribution in [1.82, 2.24) is 4.90 Å². The van der Waals surface area contributed by atoms with Crippen LogP contribution in [0.1, 0.15) is 32.3 Å². The summed E-state index contributed by atoms with van der Waals surface area (Å²) in [5, 5.41) is 0. The fourth-order valence-corrected chi connectivity index (χ4v) is 2.87. The van der Waals surface area contributed by atoms with E-state index in [2.05, 4.69) is 56.0 Å². The molecular weight excluding hydrogens is 194 g/mol. The summed E-state index contributed by atoms with van der Waals surface area (Å²) in [5.74, 6) is 2.31. The van der Waals surface area contributed by atoms with Gasteiger partial charge in [-0.25, -0.2) is 0 Å². The Kier molecular flexibility index (Phi) is 3.65. The van der Waals surface area contributed by atoms with E-state index in [0.29, 0.717) is 0 Å². The summed E-state index contributed by atoms with van der Waals surface area (Å²) in [7, 11) is 0. The molecule has 1 heteroatoms. The van der Waals surface area contributed by atoms with Crippen molar-refractivity contribution >= 4 is 0 Å². The van der Waals surface area contributed by atoms with Crippen molar-refractivity contribution in [2.24, 2.45) is 11.8 Å². The average molecular weight is 217 g/mol. The zero-order valence-corrected chi connectivity index (χ0v) is 10.7. The van der Waals surface area contributed by atoms with Gasteiger partial charge in [0.1, 0.15) is 0 Å². The van der Waals surface area contributed by atoms with Crippen LogP contribution in [0.25, 0.3) is 0 Å². The minimum Gasteiger partial charge on any atom is -0.302 e. The minimum absolute atomic E-state index is 0.736. The van der Waals surface area contributed by atoms with Crippen LogP contribution in [-0.4, -0.2) is 24.5 Å². The van der Waals surface area contributed by atoms with Gasteiger partial charge < -0.3 is 4.90 Å². The van der Waals surface area contributed by atoms with Crippen LogP contribution in [0.15, 0.2) is 30.3 Å². The van der Waals surface area contributed by atoms with Crippen molar-refractivity contribution in [3.63, 3.8) is 0 Å². The first-order valence-electron chi connectivity index (χ1n) is 6.44. The zero-order valence-electron chi connectivity index (χ0n) is 10.7. The molecule has 0 saturated carbocycles. The number of benzene rings is 1. The Balaban J connectivity index is 2.03. The number of likely N-dealkylation sites (tertiary alicyclic amines) is 1. The van der Waals surface area contributed by atoms with Gasteiger partial charge in [0, 0.05) is 25.6 Å². The Morgan fingerprint density at radius 2 is 1.88 bits per heavy atom. The summed E-state index contributed by atoms with van der Waals surface area (Å²) in [4.78, 5) is 2.62. The molecule has 0 radical (unpaired) electrons. The Labute approximate surface area is 99.5 Å². The van der Waals surface area contributed by atoms with Gasteiger partial charge >= 0.3 is 0 Å². The molecule has 0 unspecified atom stereocenters. The van der Waals surface area contributed by atoms with Crippen molar-refractivity contribution in [2.75, 3.05) is 19.6 Å². The van der Waals surface area contributed by atoms with Gasteiger partial charge in [-0.3, -0.25) is 0 Å². The molecule has 0 N–H and O–H groups in total. The maximum atomic E-state index is 2.62. The first-order valence-corrected chi connectivity index (χ1v) is 6.44. The Morgan fingerprint density at radius 1 is 1.19 bits per heavy atom. The second-order valence-electron chi connectivity index (χ2n) is 5.61. The average Bonchev–Trinajstić information content (AvgIpc) is 2.60. The number of hydrogen-bond donors (Lipinski definition) is 0. The summed E-state index contributed by atoms with van der Waals surface area (Å²) >= 11 is 0. The maximum absolute atomic E-state index is 2.62. The molecule has 1 fully saturated rings. The van der Waals surface area contributed by atoms with Crippen molar-refractivity contribution in [1.29, 1.82) is 0 Å².